The van der Waals surface area contributed by atoms with Crippen LogP contribution in [-0.2, 0) is 16.1 Å². The minimum absolute atomic E-state index is 0.0627. The topological polar surface area (TPSA) is 113 Å². The van der Waals surface area contributed by atoms with Gasteiger partial charge in [-0.15, -0.1) is 5.10 Å². The van der Waals surface area contributed by atoms with Crippen LogP contribution in [0.3, 0.4) is 0 Å². The van der Waals surface area contributed by atoms with Crippen molar-refractivity contribution in [1.29, 1.82) is 0 Å². The van der Waals surface area contributed by atoms with Crippen molar-refractivity contribution in [2.24, 2.45) is 0 Å². The molecular formula is C22H35F3N6O4. The SMILES string of the molecule is CCCNC(=O)N1CCC(n2cc(CN3CCOC4(CCCC4)C3)nn2)CC1.O=C(O)C(F)(F)F. The summed E-state index contributed by atoms with van der Waals surface area (Å²) in [5.41, 5.74) is 1.14. The second-order valence-electron chi connectivity index (χ2n) is 9.39. The lowest BCUT2D eigenvalue weighted by Crippen LogP contribution is -2.49. The van der Waals surface area contributed by atoms with E-state index < -0.39 is 12.1 Å². The molecule has 10 nitrogen and oxygen atoms in total. The Bertz CT molecular complexity index is 835. The molecule has 2 N–H and O–H groups in total. The quantitative estimate of drug-likeness (QED) is 0.634. The molecule has 1 aromatic rings. The molecule has 3 aliphatic rings. The van der Waals surface area contributed by atoms with Crippen molar-refractivity contribution < 1.29 is 32.6 Å². The summed E-state index contributed by atoms with van der Waals surface area (Å²) in [6, 6.07) is 0.398. The second kappa shape index (κ2) is 12.0. The maximum atomic E-state index is 12.1. The fourth-order valence-electron chi connectivity index (χ4n) is 4.85. The molecule has 1 aromatic heterocycles. The number of hydrogen-bond donors (Lipinski definition) is 2. The van der Waals surface area contributed by atoms with E-state index in [0.717, 1.165) is 70.8 Å². The first-order chi connectivity index (χ1) is 16.6. The fourth-order valence-corrected chi connectivity index (χ4v) is 4.85. The van der Waals surface area contributed by atoms with Crippen molar-refractivity contribution in [1.82, 2.24) is 30.1 Å². The average molecular weight is 505 g/mol. The van der Waals surface area contributed by atoms with Crippen LogP contribution in [-0.4, -0.2) is 93.0 Å². The zero-order chi connectivity index (χ0) is 25.5. The number of nitrogens with one attached hydrogen (secondary N) is 1. The maximum Gasteiger partial charge on any atom is 0.490 e. The van der Waals surface area contributed by atoms with E-state index in [-0.39, 0.29) is 11.6 Å². The number of carboxylic acids is 1. The average Bonchev–Trinajstić information content (AvgIpc) is 3.47. The summed E-state index contributed by atoms with van der Waals surface area (Å²) in [4.78, 5) is 25.4. The van der Waals surface area contributed by atoms with E-state index in [0.29, 0.717) is 6.04 Å². The van der Waals surface area contributed by atoms with Crippen LogP contribution < -0.4 is 5.32 Å². The summed E-state index contributed by atoms with van der Waals surface area (Å²) < 4.78 is 39.9. The molecule has 1 saturated carbocycles. The number of carboxylic acid groups (broad SMARTS) is 1. The van der Waals surface area contributed by atoms with E-state index in [1.807, 2.05) is 9.58 Å². The highest BCUT2D eigenvalue weighted by Gasteiger charge is 2.39. The number of hydrogen-bond acceptors (Lipinski definition) is 6. The molecule has 0 aromatic carbocycles. The van der Waals surface area contributed by atoms with Gasteiger partial charge in [0.15, 0.2) is 0 Å². The van der Waals surface area contributed by atoms with Gasteiger partial charge in [-0.25, -0.2) is 14.3 Å². The van der Waals surface area contributed by atoms with Gasteiger partial charge in [-0.2, -0.15) is 13.2 Å². The van der Waals surface area contributed by atoms with Crippen LogP contribution in [0, 0.1) is 0 Å². The van der Waals surface area contributed by atoms with Gasteiger partial charge in [0.1, 0.15) is 0 Å². The Morgan fingerprint density at radius 3 is 2.49 bits per heavy atom. The fraction of sp³-hybridized carbons (Fsp3) is 0.818. The highest BCUT2D eigenvalue weighted by molar-refractivity contribution is 5.74. The number of nitrogens with zero attached hydrogens (tertiary/aromatic N) is 5. The summed E-state index contributed by atoms with van der Waals surface area (Å²) in [6.07, 6.45) is 4.83. The standard InChI is InChI=1S/C20H34N6O2.C2HF3O2/c1-2-9-21-19(27)25-10-5-18(6-11-25)26-15-17(22-23-26)14-24-12-13-28-20(16-24)7-3-4-8-20;3-2(4,5)1(6)7/h15,18H,2-14,16H2,1H3,(H,21,27);(H,6,7). The van der Waals surface area contributed by atoms with Crippen LogP contribution in [0.25, 0.3) is 0 Å². The highest BCUT2D eigenvalue weighted by atomic mass is 19.4. The monoisotopic (exact) mass is 504 g/mol. The Hall–Kier alpha value is -2.41. The number of aliphatic carboxylic acids is 1. The molecule has 0 radical (unpaired) electrons. The smallest absolute Gasteiger partial charge is 0.475 e. The molecule has 2 amide bonds. The van der Waals surface area contributed by atoms with Gasteiger partial charge in [0, 0.05) is 39.3 Å². The Labute approximate surface area is 202 Å². The third kappa shape index (κ3) is 7.79. The van der Waals surface area contributed by atoms with Crippen molar-refractivity contribution in [3.8, 4) is 0 Å². The van der Waals surface area contributed by atoms with Crippen LogP contribution >= 0.6 is 0 Å². The first kappa shape index (κ1) is 27.2. The number of piperidine rings is 1. The van der Waals surface area contributed by atoms with E-state index in [4.69, 9.17) is 14.6 Å². The van der Waals surface area contributed by atoms with Crippen LogP contribution in [0.15, 0.2) is 6.20 Å². The normalized spacial score (nSPS) is 21.0. The molecule has 3 fully saturated rings. The van der Waals surface area contributed by atoms with Gasteiger partial charge in [0.25, 0.3) is 0 Å². The molecule has 1 spiro atoms. The number of carbonyl (C=O) groups is 2. The lowest BCUT2D eigenvalue weighted by Gasteiger charge is -2.40. The summed E-state index contributed by atoms with van der Waals surface area (Å²) in [7, 11) is 0. The number of carbonyl (C=O) groups excluding carboxylic acids is 1. The molecule has 0 bridgehead atoms. The molecule has 4 rings (SSSR count). The molecule has 1 aliphatic carbocycles. The third-order valence-electron chi connectivity index (χ3n) is 6.68. The van der Waals surface area contributed by atoms with Gasteiger partial charge in [-0.1, -0.05) is 25.0 Å². The summed E-state index contributed by atoms with van der Waals surface area (Å²) in [5.74, 6) is -2.76. The number of rotatable bonds is 5. The van der Waals surface area contributed by atoms with Crippen LogP contribution in [0.4, 0.5) is 18.0 Å². The number of urea groups is 1. The number of aromatic nitrogens is 3. The van der Waals surface area contributed by atoms with Gasteiger partial charge >= 0.3 is 18.2 Å². The summed E-state index contributed by atoms with van der Waals surface area (Å²) in [5, 5.41) is 18.9. The third-order valence-corrected chi connectivity index (χ3v) is 6.68. The molecule has 0 atom stereocenters. The van der Waals surface area contributed by atoms with E-state index in [1.54, 1.807) is 0 Å². The second-order valence-corrected chi connectivity index (χ2v) is 9.39. The minimum atomic E-state index is -5.08. The van der Waals surface area contributed by atoms with E-state index >= 15 is 0 Å². The molecule has 2 aliphatic heterocycles. The summed E-state index contributed by atoms with van der Waals surface area (Å²) >= 11 is 0. The molecule has 198 valence electrons. The van der Waals surface area contributed by atoms with Crippen molar-refractivity contribution >= 4 is 12.0 Å². The molecule has 2 saturated heterocycles. The van der Waals surface area contributed by atoms with Gasteiger partial charge in [0.2, 0.25) is 0 Å². The van der Waals surface area contributed by atoms with Gasteiger partial charge in [-0.05, 0) is 32.1 Å². The lowest BCUT2D eigenvalue weighted by atomic mass is 9.99. The first-order valence-corrected chi connectivity index (χ1v) is 12.2. The predicted octanol–water partition coefficient (Wildman–Crippen LogP) is 2.81. The zero-order valence-electron chi connectivity index (χ0n) is 20.1. The first-order valence-electron chi connectivity index (χ1n) is 12.2. The van der Waals surface area contributed by atoms with E-state index in [9.17, 15) is 18.0 Å². The molecule has 0 unspecified atom stereocenters. The molecular weight excluding hydrogens is 469 g/mol. The Morgan fingerprint density at radius 2 is 1.89 bits per heavy atom. The van der Waals surface area contributed by atoms with Gasteiger partial charge in [-0.3, -0.25) is 4.90 Å². The van der Waals surface area contributed by atoms with Gasteiger partial charge in [0.05, 0.1) is 30.1 Å². The number of amides is 2. The van der Waals surface area contributed by atoms with Crippen molar-refractivity contribution in [2.45, 2.75) is 76.2 Å². The number of ether oxygens (including phenoxy) is 1. The van der Waals surface area contributed by atoms with E-state index in [1.165, 1.54) is 25.7 Å². The molecule has 35 heavy (non-hydrogen) atoms. The lowest BCUT2D eigenvalue weighted by molar-refractivity contribution is -0.192. The largest absolute Gasteiger partial charge is 0.490 e. The van der Waals surface area contributed by atoms with Crippen LogP contribution in [0.1, 0.15) is 63.6 Å². The van der Waals surface area contributed by atoms with Crippen molar-refractivity contribution in [2.75, 3.05) is 39.3 Å². The zero-order valence-corrected chi connectivity index (χ0v) is 20.1. The van der Waals surface area contributed by atoms with E-state index in [2.05, 4.69) is 33.6 Å². The van der Waals surface area contributed by atoms with Gasteiger partial charge < -0.3 is 20.1 Å². The Balaban J connectivity index is 0.000000429. The number of halogens is 3. The Kier molecular flexibility index (Phi) is 9.34. The predicted molar refractivity (Wildman–Crippen MR) is 120 cm³/mol. The minimum Gasteiger partial charge on any atom is -0.475 e. The van der Waals surface area contributed by atoms with Crippen LogP contribution in [0.5, 0.6) is 0 Å². The summed E-state index contributed by atoms with van der Waals surface area (Å²) in [6.45, 7) is 8.04. The van der Waals surface area contributed by atoms with Crippen LogP contribution in [0.2, 0.25) is 0 Å². The molecule has 13 heteroatoms. The van der Waals surface area contributed by atoms with Crippen molar-refractivity contribution in [3.63, 3.8) is 0 Å². The maximum absolute atomic E-state index is 12.1. The number of likely N-dealkylation sites (tertiary alicyclic amines) is 1. The number of morpholine rings is 1. The van der Waals surface area contributed by atoms with Crippen molar-refractivity contribution in [3.05, 3.63) is 11.9 Å². The highest BCUT2D eigenvalue weighted by Crippen LogP contribution is 2.36. The number of alkyl halides is 3. The molecule has 3 heterocycles. The Morgan fingerprint density at radius 1 is 1.23 bits per heavy atom.